The van der Waals surface area contributed by atoms with Gasteiger partial charge in [0, 0.05) is 17.8 Å². The molecule has 0 saturated carbocycles. The summed E-state index contributed by atoms with van der Waals surface area (Å²) in [6, 6.07) is 10.2. The molecule has 4 rings (SSSR count). The van der Waals surface area contributed by atoms with Crippen LogP contribution in [0.25, 0.3) is 5.65 Å². The fourth-order valence-corrected chi connectivity index (χ4v) is 5.01. The molecule has 0 radical (unpaired) electrons. The summed E-state index contributed by atoms with van der Waals surface area (Å²) in [4.78, 5) is 12.7. The fourth-order valence-electron chi connectivity index (χ4n) is 3.75. The van der Waals surface area contributed by atoms with Crippen LogP contribution in [0.4, 0.5) is 5.69 Å². The van der Waals surface area contributed by atoms with Gasteiger partial charge in [-0.25, -0.2) is 8.42 Å². The van der Waals surface area contributed by atoms with Gasteiger partial charge in [-0.3, -0.25) is 13.5 Å². The number of rotatable bonds is 4. The first-order valence-corrected chi connectivity index (χ1v) is 10.8. The maximum atomic E-state index is 12.7. The molecule has 1 aliphatic heterocycles. The van der Waals surface area contributed by atoms with Crippen molar-refractivity contribution in [3.05, 3.63) is 59.5 Å². The van der Waals surface area contributed by atoms with Gasteiger partial charge in [0.05, 0.1) is 18.0 Å². The molecule has 0 fully saturated rings. The molecule has 3 aromatic rings. The predicted molar refractivity (Wildman–Crippen MR) is 106 cm³/mol. The van der Waals surface area contributed by atoms with Gasteiger partial charge >= 0.3 is 0 Å². The van der Waals surface area contributed by atoms with Crippen molar-refractivity contribution in [1.82, 2.24) is 19.9 Å². The third-order valence-corrected chi connectivity index (χ3v) is 6.20. The van der Waals surface area contributed by atoms with E-state index in [9.17, 15) is 13.2 Å². The zero-order valence-corrected chi connectivity index (χ0v) is 16.6. The van der Waals surface area contributed by atoms with E-state index in [0.717, 1.165) is 5.56 Å². The van der Waals surface area contributed by atoms with Crippen molar-refractivity contribution in [2.75, 3.05) is 10.6 Å². The third kappa shape index (κ3) is 3.11. The first kappa shape index (κ1) is 18.4. The Morgan fingerprint density at radius 3 is 2.79 bits per heavy atom. The van der Waals surface area contributed by atoms with E-state index < -0.39 is 10.0 Å². The van der Waals surface area contributed by atoms with Crippen LogP contribution >= 0.6 is 0 Å². The summed E-state index contributed by atoms with van der Waals surface area (Å²) in [7, 11) is -3.35. The van der Waals surface area contributed by atoms with Gasteiger partial charge in [-0.05, 0) is 56.2 Å². The normalized spacial score (nSPS) is 17.5. The lowest BCUT2D eigenvalue weighted by Crippen LogP contribution is -2.34. The number of anilines is 1. The first-order chi connectivity index (χ1) is 13.3. The Labute approximate surface area is 163 Å². The number of hydrogen-bond donors (Lipinski definition) is 1. The molecule has 28 heavy (non-hydrogen) atoms. The summed E-state index contributed by atoms with van der Waals surface area (Å²) in [5.41, 5.74) is 2.70. The van der Waals surface area contributed by atoms with E-state index in [2.05, 4.69) is 15.5 Å². The van der Waals surface area contributed by atoms with Gasteiger partial charge in [-0.1, -0.05) is 6.07 Å². The highest BCUT2D eigenvalue weighted by Crippen LogP contribution is 2.34. The van der Waals surface area contributed by atoms with Crippen molar-refractivity contribution in [1.29, 1.82) is 0 Å². The maximum Gasteiger partial charge on any atom is 0.251 e. The minimum absolute atomic E-state index is 0.162. The summed E-state index contributed by atoms with van der Waals surface area (Å²) in [5.74, 6) is 0.399. The number of nitrogens with one attached hydrogen (secondary N) is 1. The number of benzene rings is 1. The number of carbonyl (C=O) groups is 1. The molecule has 0 bridgehead atoms. The summed E-state index contributed by atoms with van der Waals surface area (Å²) >= 11 is 0. The predicted octanol–water partition coefficient (Wildman–Crippen LogP) is 1.93. The SMILES string of the molecule is CC(NC(=O)c1ccc2c(c1)CC(C)N2S(C)(=O)=O)c1nnc2ccccn12. The number of carbonyl (C=O) groups excluding carboxylic acids is 1. The molecule has 9 heteroatoms. The minimum atomic E-state index is -3.35. The summed E-state index contributed by atoms with van der Waals surface area (Å²) in [6.07, 6.45) is 3.63. The first-order valence-electron chi connectivity index (χ1n) is 8.98. The second-order valence-electron chi connectivity index (χ2n) is 7.14. The number of hydrogen-bond acceptors (Lipinski definition) is 5. The van der Waals surface area contributed by atoms with Crippen molar-refractivity contribution < 1.29 is 13.2 Å². The van der Waals surface area contributed by atoms with Crippen molar-refractivity contribution in [2.45, 2.75) is 32.4 Å². The monoisotopic (exact) mass is 399 g/mol. The van der Waals surface area contributed by atoms with Crippen LogP contribution in [-0.4, -0.2) is 41.2 Å². The van der Waals surface area contributed by atoms with Crippen LogP contribution in [0.3, 0.4) is 0 Å². The highest BCUT2D eigenvalue weighted by Gasteiger charge is 2.33. The van der Waals surface area contributed by atoms with E-state index in [0.29, 0.717) is 29.1 Å². The zero-order valence-electron chi connectivity index (χ0n) is 15.8. The van der Waals surface area contributed by atoms with Gasteiger partial charge in [0.1, 0.15) is 0 Å². The quantitative estimate of drug-likeness (QED) is 0.723. The van der Waals surface area contributed by atoms with Crippen LogP contribution in [0, 0.1) is 0 Å². The second-order valence-corrected chi connectivity index (χ2v) is 9.00. The maximum absolute atomic E-state index is 12.7. The molecule has 1 aliphatic rings. The molecular formula is C19H21N5O3S. The number of pyridine rings is 1. The van der Waals surface area contributed by atoms with Crippen LogP contribution in [-0.2, 0) is 16.4 Å². The van der Waals surface area contributed by atoms with Crippen LogP contribution in [0.5, 0.6) is 0 Å². The summed E-state index contributed by atoms with van der Waals surface area (Å²) in [6.45, 7) is 3.71. The van der Waals surface area contributed by atoms with Crippen molar-refractivity contribution >= 4 is 27.3 Å². The average Bonchev–Trinajstić information content (AvgIpc) is 3.20. The van der Waals surface area contributed by atoms with Crippen molar-refractivity contribution in [3.8, 4) is 0 Å². The lowest BCUT2D eigenvalue weighted by Gasteiger charge is -2.22. The zero-order chi connectivity index (χ0) is 20.1. The Kier molecular flexibility index (Phi) is 4.34. The molecule has 3 heterocycles. The van der Waals surface area contributed by atoms with Crippen molar-refractivity contribution in [2.24, 2.45) is 0 Å². The molecule has 2 atom stereocenters. The van der Waals surface area contributed by atoms with Crippen LogP contribution in [0.2, 0.25) is 0 Å². The summed E-state index contributed by atoms with van der Waals surface area (Å²) in [5, 5.41) is 11.2. The van der Waals surface area contributed by atoms with E-state index >= 15 is 0 Å². The van der Waals surface area contributed by atoms with E-state index in [1.165, 1.54) is 10.6 Å². The molecule has 1 N–H and O–H groups in total. The highest BCUT2D eigenvalue weighted by molar-refractivity contribution is 7.92. The molecule has 146 valence electrons. The largest absolute Gasteiger partial charge is 0.342 e. The average molecular weight is 399 g/mol. The number of amides is 1. The molecule has 0 saturated heterocycles. The fraction of sp³-hybridized carbons (Fsp3) is 0.316. The number of sulfonamides is 1. The van der Waals surface area contributed by atoms with Gasteiger partial charge < -0.3 is 5.32 Å². The highest BCUT2D eigenvalue weighted by atomic mass is 32.2. The van der Waals surface area contributed by atoms with Crippen LogP contribution < -0.4 is 9.62 Å². The Bertz CT molecular complexity index is 1170. The molecule has 1 amide bonds. The third-order valence-electron chi connectivity index (χ3n) is 4.93. The lowest BCUT2D eigenvalue weighted by atomic mass is 10.1. The number of nitrogens with zero attached hydrogens (tertiary/aromatic N) is 4. The van der Waals surface area contributed by atoms with Gasteiger partial charge in [-0.15, -0.1) is 10.2 Å². The number of aromatic nitrogens is 3. The second kappa shape index (κ2) is 6.59. The van der Waals surface area contributed by atoms with Crippen LogP contribution in [0.15, 0.2) is 42.6 Å². The van der Waals surface area contributed by atoms with E-state index in [4.69, 9.17) is 0 Å². The Balaban J connectivity index is 1.57. The minimum Gasteiger partial charge on any atom is -0.342 e. The molecule has 2 unspecified atom stereocenters. The molecule has 8 nitrogen and oxygen atoms in total. The molecular weight excluding hydrogens is 378 g/mol. The van der Waals surface area contributed by atoms with E-state index in [-0.39, 0.29) is 18.0 Å². The molecule has 1 aromatic carbocycles. The standard InChI is InChI=1S/C19H21N5O3S/c1-12-10-15-11-14(7-8-16(15)24(12)28(3,26)27)19(25)20-13(2)18-22-21-17-6-4-5-9-23(17)18/h4-9,11-13H,10H2,1-3H3,(H,20,25). The number of fused-ring (bicyclic) bond motifs is 2. The van der Waals surface area contributed by atoms with Gasteiger partial charge in [-0.2, -0.15) is 0 Å². The van der Waals surface area contributed by atoms with Gasteiger partial charge in [0.25, 0.3) is 5.91 Å². The molecule has 0 spiro atoms. The molecule has 2 aromatic heterocycles. The molecule has 0 aliphatic carbocycles. The Morgan fingerprint density at radius 1 is 1.25 bits per heavy atom. The topological polar surface area (TPSA) is 96.7 Å². The Morgan fingerprint density at radius 2 is 2.04 bits per heavy atom. The van der Waals surface area contributed by atoms with Gasteiger partial charge in [0.15, 0.2) is 11.5 Å². The van der Waals surface area contributed by atoms with Gasteiger partial charge in [0.2, 0.25) is 10.0 Å². The summed E-state index contributed by atoms with van der Waals surface area (Å²) < 4.78 is 27.3. The van der Waals surface area contributed by atoms with Crippen LogP contribution in [0.1, 0.15) is 41.6 Å². The Hall–Kier alpha value is -2.94. The van der Waals surface area contributed by atoms with E-state index in [1.807, 2.05) is 42.6 Å². The smallest absolute Gasteiger partial charge is 0.251 e. The van der Waals surface area contributed by atoms with E-state index in [1.54, 1.807) is 18.2 Å². The van der Waals surface area contributed by atoms with Crippen molar-refractivity contribution in [3.63, 3.8) is 0 Å². The lowest BCUT2D eigenvalue weighted by molar-refractivity contribution is 0.0938.